The Kier molecular flexibility index (Phi) is 4.00. The fraction of sp³-hybridized carbons (Fsp3) is 0.444. The average molecular weight is 194 g/mol. The fourth-order valence-corrected chi connectivity index (χ4v) is 0.922. The zero-order chi connectivity index (χ0) is 10.4. The number of carbonyl (C=O) groups is 1. The van der Waals surface area contributed by atoms with Gasteiger partial charge in [-0.3, -0.25) is 4.79 Å². The second-order valence-electron chi connectivity index (χ2n) is 2.95. The summed E-state index contributed by atoms with van der Waals surface area (Å²) in [5, 5.41) is 10.2. The van der Waals surface area contributed by atoms with Crippen LogP contribution in [0.15, 0.2) is 18.3 Å². The van der Waals surface area contributed by atoms with Crippen LogP contribution in [-0.2, 0) is 11.3 Å². The van der Waals surface area contributed by atoms with E-state index in [1.807, 2.05) is 6.92 Å². The number of rotatable bonds is 4. The summed E-state index contributed by atoms with van der Waals surface area (Å²) >= 11 is 0. The van der Waals surface area contributed by atoms with E-state index in [1.54, 1.807) is 18.3 Å². The topological polar surface area (TPSA) is 80.9 Å². The van der Waals surface area contributed by atoms with Gasteiger partial charge < -0.3 is 11.1 Å². The lowest BCUT2D eigenvalue weighted by molar-refractivity contribution is -0.122. The highest BCUT2D eigenvalue weighted by Gasteiger charge is 2.09. The van der Waals surface area contributed by atoms with Crippen LogP contribution >= 0.6 is 0 Å². The first-order valence-corrected chi connectivity index (χ1v) is 4.54. The summed E-state index contributed by atoms with van der Waals surface area (Å²) in [5.41, 5.74) is 6.26. The minimum absolute atomic E-state index is 0.154. The van der Waals surface area contributed by atoms with Crippen molar-refractivity contribution in [2.75, 3.05) is 0 Å². The van der Waals surface area contributed by atoms with Crippen LogP contribution < -0.4 is 11.1 Å². The molecule has 0 fully saturated rings. The summed E-state index contributed by atoms with van der Waals surface area (Å²) in [7, 11) is 0. The molecule has 1 heterocycles. The lowest BCUT2D eigenvalue weighted by Gasteiger charge is -2.08. The third kappa shape index (κ3) is 3.10. The van der Waals surface area contributed by atoms with Gasteiger partial charge in [0, 0.05) is 6.20 Å². The molecular formula is C9H14N4O. The molecule has 0 spiro atoms. The fourth-order valence-electron chi connectivity index (χ4n) is 0.922. The van der Waals surface area contributed by atoms with Gasteiger partial charge in [0.2, 0.25) is 5.91 Å². The van der Waals surface area contributed by atoms with Gasteiger partial charge in [-0.25, -0.2) is 0 Å². The average Bonchev–Trinajstić information content (AvgIpc) is 2.26. The van der Waals surface area contributed by atoms with Crippen molar-refractivity contribution < 1.29 is 4.79 Å². The molecule has 0 saturated heterocycles. The second-order valence-corrected chi connectivity index (χ2v) is 2.95. The Hall–Kier alpha value is -1.49. The van der Waals surface area contributed by atoms with Gasteiger partial charge in [0.05, 0.1) is 18.3 Å². The maximum Gasteiger partial charge on any atom is 0.237 e. The largest absolute Gasteiger partial charge is 0.349 e. The van der Waals surface area contributed by atoms with Gasteiger partial charge in [-0.05, 0) is 18.6 Å². The highest BCUT2D eigenvalue weighted by molar-refractivity contribution is 5.81. The Balaban J connectivity index is 2.38. The van der Waals surface area contributed by atoms with E-state index >= 15 is 0 Å². The van der Waals surface area contributed by atoms with Crippen LogP contribution in [0.25, 0.3) is 0 Å². The van der Waals surface area contributed by atoms with Crippen LogP contribution in [0.4, 0.5) is 0 Å². The molecule has 0 saturated carbocycles. The third-order valence-corrected chi connectivity index (χ3v) is 1.85. The number of nitrogens with zero attached hydrogens (tertiary/aromatic N) is 2. The molecule has 0 bridgehead atoms. The van der Waals surface area contributed by atoms with Crippen LogP contribution in [0.1, 0.15) is 19.0 Å². The number of hydrogen-bond acceptors (Lipinski definition) is 4. The van der Waals surface area contributed by atoms with Crippen molar-refractivity contribution in [2.24, 2.45) is 5.73 Å². The predicted molar refractivity (Wildman–Crippen MR) is 52.1 cm³/mol. The monoisotopic (exact) mass is 194 g/mol. The van der Waals surface area contributed by atoms with Gasteiger partial charge in [0.15, 0.2) is 0 Å². The lowest BCUT2D eigenvalue weighted by Crippen LogP contribution is -2.39. The number of amides is 1. The van der Waals surface area contributed by atoms with Crippen LogP contribution in [0.5, 0.6) is 0 Å². The Morgan fingerprint density at radius 1 is 1.71 bits per heavy atom. The van der Waals surface area contributed by atoms with Crippen molar-refractivity contribution in [3.63, 3.8) is 0 Å². The van der Waals surface area contributed by atoms with E-state index in [0.29, 0.717) is 13.0 Å². The van der Waals surface area contributed by atoms with E-state index in [1.165, 1.54) is 0 Å². The maximum absolute atomic E-state index is 11.3. The van der Waals surface area contributed by atoms with Crippen LogP contribution in [0, 0.1) is 0 Å². The molecule has 0 aromatic carbocycles. The van der Waals surface area contributed by atoms with Crippen molar-refractivity contribution in [2.45, 2.75) is 25.9 Å². The summed E-state index contributed by atoms with van der Waals surface area (Å²) in [6.07, 6.45) is 2.22. The minimum atomic E-state index is -0.438. The van der Waals surface area contributed by atoms with Gasteiger partial charge in [-0.15, -0.1) is 0 Å². The number of aromatic nitrogens is 2. The first-order valence-electron chi connectivity index (χ1n) is 4.54. The Morgan fingerprint density at radius 2 is 2.50 bits per heavy atom. The molecule has 1 aromatic rings. The molecule has 3 N–H and O–H groups in total. The number of nitrogens with one attached hydrogen (secondary N) is 1. The molecule has 14 heavy (non-hydrogen) atoms. The highest BCUT2D eigenvalue weighted by Crippen LogP contribution is 1.91. The van der Waals surface area contributed by atoms with Crippen molar-refractivity contribution in [3.8, 4) is 0 Å². The second kappa shape index (κ2) is 5.29. The number of nitrogens with two attached hydrogens (primary N) is 1. The molecule has 1 aromatic heterocycles. The van der Waals surface area contributed by atoms with Crippen molar-refractivity contribution in [1.29, 1.82) is 0 Å². The summed E-state index contributed by atoms with van der Waals surface area (Å²) in [6.45, 7) is 2.24. The SMILES string of the molecule is CCC(N)C(=O)NCc1cccnn1. The van der Waals surface area contributed by atoms with E-state index in [0.717, 1.165) is 5.69 Å². The van der Waals surface area contributed by atoms with E-state index in [2.05, 4.69) is 15.5 Å². The zero-order valence-corrected chi connectivity index (χ0v) is 8.10. The van der Waals surface area contributed by atoms with Crippen molar-refractivity contribution >= 4 is 5.91 Å². The summed E-state index contributed by atoms with van der Waals surface area (Å²) in [6, 6.07) is 3.13. The number of hydrogen-bond donors (Lipinski definition) is 2. The van der Waals surface area contributed by atoms with Crippen molar-refractivity contribution in [3.05, 3.63) is 24.0 Å². The molecule has 76 valence electrons. The molecular weight excluding hydrogens is 180 g/mol. The normalized spacial score (nSPS) is 12.1. The van der Waals surface area contributed by atoms with Crippen LogP contribution in [0.3, 0.4) is 0 Å². The third-order valence-electron chi connectivity index (χ3n) is 1.85. The molecule has 0 radical (unpaired) electrons. The molecule has 1 unspecified atom stereocenters. The van der Waals surface area contributed by atoms with Gasteiger partial charge in [-0.1, -0.05) is 6.92 Å². The van der Waals surface area contributed by atoms with Gasteiger partial charge in [-0.2, -0.15) is 10.2 Å². The molecule has 0 aliphatic carbocycles. The van der Waals surface area contributed by atoms with E-state index in [4.69, 9.17) is 5.73 Å². The minimum Gasteiger partial charge on any atom is -0.349 e. The summed E-state index contributed by atoms with van der Waals surface area (Å²) < 4.78 is 0. The summed E-state index contributed by atoms with van der Waals surface area (Å²) in [4.78, 5) is 11.3. The predicted octanol–water partition coefficient (Wildman–Crippen LogP) is -0.170. The molecule has 5 heteroatoms. The van der Waals surface area contributed by atoms with E-state index in [-0.39, 0.29) is 5.91 Å². The molecule has 0 aliphatic heterocycles. The standard InChI is InChI=1S/C9H14N4O/c1-2-8(10)9(14)11-6-7-4-3-5-12-13-7/h3-5,8H,2,6,10H2,1H3,(H,11,14). The Bertz CT molecular complexity index is 288. The van der Waals surface area contributed by atoms with Crippen LogP contribution in [0.2, 0.25) is 0 Å². The lowest BCUT2D eigenvalue weighted by atomic mass is 10.2. The van der Waals surface area contributed by atoms with Crippen molar-refractivity contribution in [1.82, 2.24) is 15.5 Å². The first kappa shape index (κ1) is 10.6. The molecule has 5 nitrogen and oxygen atoms in total. The summed E-state index contributed by atoms with van der Waals surface area (Å²) in [5.74, 6) is -0.154. The quantitative estimate of drug-likeness (QED) is 0.697. The number of carbonyl (C=O) groups excluding carboxylic acids is 1. The smallest absolute Gasteiger partial charge is 0.237 e. The zero-order valence-electron chi connectivity index (χ0n) is 8.10. The van der Waals surface area contributed by atoms with E-state index in [9.17, 15) is 4.79 Å². The maximum atomic E-state index is 11.3. The highest BCUT2D eigenvalue weighted by atomic mass is 16.2. The van der Waals surface area contributed by atoms with Crippen LogP contribution in [-0.4, -0.2) is 22.1 Å². The van der Waals surface area contributed by atoms with E-state index < -0.39 is 6.04 Å². The molecule has 1 rings (SSSR count). The molecule has 0 aliphatic rings. The Labute approximate surface area is 82.7 Å². The van der Waals surface area contributed by atoms with Gasteiger partial charge >= 0.3 is 0 Å². The van der Waals surface area contributed by atoms with Gasteiger partial charge in [0.1, 0.15) is 0 Å². The molecule has 1 amide bonds. The van der Waals surface area contributed by atoms with Gasteiger partial charge in [0.25, 0.3) is 0 Å². The Morgan fingerprint density at radius 3 is 3.07 bits per heavy atom. The first-order chi connectivity index (χ1) is 6.74. The molecule has 1 atom stereocenters.